The van der Waals surface area contributed by atoms with Crippen LogP contribution in [0.4, 0.5) is 0 Å². The summed E-state index contributed by atoms with van der Waals surface area (Å²) < 4.78 is 6.97. The smallest absolute Gasteiger partial charge is 0.255 e. The number of para-hydroxylation sites is 1. The Morgan fingerprint density at radius 1 is 1.13 bits per heavy atom. The number of nitrogens with zero attached hydrogens (tertiary/aromatic N) is 5. The van der Waals surface area contributed by atoms with Gasteiger partial charge >= 0.3 is 0 Å². The molecule has 0 unspecified atom stereocenters. The molecule has 0 saturated carbocycles. The van der Waals surface area contributed by atoms with Crippen molar-refractivity contribution < 1.29 is 9.32 Å². The number of carbonyl (C=O) groups excluding carboxylic acids is 1. The van der Waals surface area contributed by atoms with Crippen molar-refractivity contribution in [1.29, 1.82) is 0 Å². The van der Waals surface area contributed by atoms with Gasteiger partial charge in [-0.15, -0.1) is 11.8 Å². The fourth-order valence-corrected chi connectivity index (χ4v) is 3.90. The average molecular weight is 420 g/mol. The van der Waals surface area contributed by atoms with Gasteiger partial charge in [0.05, 0.1) is 23.2 Å². The summed E-state index contributed by atoms with van der Waals surface area (Å²) in [4.78, 5) is 19.9. The normalized spacial score (nSPS) is 10.9. The number of rotatable bonds is 7. The third-order valence-electron chi connectivity index (χ3n) is 4.46. The lowest BCUT2D eigenvalue weighted by Crippen LogP contribution is -2.26. The topological polar surface area (TPSA) is 77.0 Å². The van der Waals surface area contributed by atoms with E-state index in [0.717, 1.165) is 16.1 Å². The van der Waals surface area contributed by atoms with Crippen LogP contribution < -0.4 is 0 Å². The van der Waals surface area contributed by atoms with E-state index in [0.29, 0.717) is 29.6 Å². The number of aromatic nitrogens is 4. The van der Waals surface area contributed by atoms with Crippen LogP contribution >= 0.6 is 11.8 Å². The van der Waals surface area contributed by atoms with Gasteiger partial charge in [-0.1, -0.05) is 35.5 Å². The van der Waals surface area contributed by atoms with Crippen molar-refractivity contribution in [3.05, 3.63) is 89.8 Å². The Balaban J connectivity index is 1.44. The molecule has 4 rings (SSSR count). The predicted molar refractivity (Wildman–Crippen MR) is 114 cm³/mol. The van der Waals surface area contributed by atoms with Crippen LogP contribution in [0.3, 0.4) is 0 Å². The van der Waals surface area contributed by atoms with Crippen molar-refractivity contribution in [2.24, 2.45) is 0 Å². The quantitative estimate of drug-likeness (QED) is 0.419. The molecule has 0 spiro atoms. The van der Waals surface area contributed by atoms with E-state index in [4.69, 9.17) is 4.52 Å². The van der Waals surface area contributed by atoms with Crippen molar-refractivity contribution in [2.45, 2.75) is 24.1 Å². The third kappa shape index (κ3) is 4.60. The maximum Gasteiger partial charge on any atom is 0.255 e. The van der Waals surface area contributed by atoms with E-state index >= 15 is 0 Å². The standard InChI is InChI=1S/C22H21N5O2S/c1-16-24-21(29-25-16)15-30-20-11-7-6-10-19(20)22(28)26(2)13-17-12-23-27(14-17)18-8-4-3-5-9-18/h3-12,14H,13,15H2,1-2H3. The molecule has 2 aromatic heterocycles. The first-order chi connectivity index (χ1) is 14.6. The van der Waals surface area contributed by atoms with Crippen molar-refractivity contribution in [1.82, 2.24) is 24.8 Å². The van der Waals surface area contributed by atoms with Crippen LogP contribution in [-0.2, 0) is 12.3 Å². The van der Waals surface area contributed by atoms with E-state index in [1.165, 1.54) is 11.8 Å². The fraction of sp³-hybridized carbons (Fsp3) is 0.182. The third-order valence-corrected chi connectivity index (χ3v) is 5.52. The van der Waals surface area contributed by atoms with E-state index in [1.807, 2.05) is 65.5 Å². The minimum absolute atomic E-state index is 0.0488. The van der Waals surface area contributed by atoms with Gasteiger partial charge in [0.15, 0.2) is 5.82 Å². The number of aryl methyl sites for hydroxylation is 1. The van der Waals surface area contributed by atoms with Gasteiger partial charge in [-0.3, -0.25) is 4.79 Å². The zero-order chi connectivity index (χ0) is 20.9. The number of benzene rings is 2. The van der Waals surface area contributed by atoms with Crippen LogP contribution in [0.2, 0.25) is 0 Å². The van der Waals surface area contributed by atoms with Crippen LogP contribution in [0.25, 0.3) is 5.69 Å². The summed E-state index contributed by atoms with van der Waals surface area (Å²) in [5.41, 5.74) is 2.59. The largest absolute Gasteiger partial charge is 0.338 e. The number of hydrogen-bond acceptors (Lipinski definition) is 6. The van der Waals surface area contributed by atoms with Gasteiger partial charge < -0.3 is 9.42 Å². The molecule has 7 nitrogen and oxygen atoms in total. The maximum atomic E-state index is 13.1. The van der Waals surface area contributed by atoms with Crippen LogP contribution in [0.5, 0.6) is 0 Å². The average Bonchev–Trinajstić information content (AvgIpc) is 3.41. The van der Waals surface area contributed by atoms with Gasteiger partial charge in [-0.2, -0.15) is 10.1 Å². The van der Waals surface area contributed by atoms with E-state index in [1.54, 1.807) is 25.1 Å². The molecule has 0 radical (unpaired) electrons. The van der Waals surface area contributed by atoms with E-state index in [-0.39, 0.29) is 5.91 Å². The fourth-order valence-electron chi connectivity index (χ4n) is 3.02. The zero-order valence-electron chi connectivity index (χ0n) is 16.7. The lowest BCUT2D eigenvalue weighted by Gasteiger charge is -2.18. The summed E-state index contributed by atoms with van der Waals surface area (Å²) in [5.74, 6) is 1.61. The van der Waals surface area contributed by atoms with Gasteiger partial charge in [0.25, 0.3) is 5.91 Å². The monoisotopic (exact) mass is 419 g/mol. The van der Waals surface area contributed by atoms with Gasteiger partial charge in [0.2, 0.25) is 5.89 Å². The van der Waals surface area contributed by atoms with Crippen molar-refractivity contribution in [2.75, 3.05) is 7.05 Å². The maximum absolute atomic E-state index is 13.1. The molecular formula is C22H21N5O2S. The van der Waals surface area contributed by atoms with Crippen LogP contribution in [0.15, 0.2) is 76.4 Å². The Labute approximate surface area is 178 Å². The van der Waals surface area contributed by atoms with Crippen LogP contribution in [0, 0.1) is 6.92 Å². The molecule has 152 valence electrons. The summed E-state index contributed by atoms with van der Waals surface area (Å²) in [6, 6.07) is 17.4. The highest BCUT2D eigenvalue weighted by atomic mass is 32.2. The summed E-state index contributed by atoms with van der Waals surface area (Å²) in [7, 11) is 1.80. The molecule has 0 aliphatic carbocycles. The lowest BCUT2D eigenvalue weighted by atomic mass is 10.2. The number of carbonyl (C=O) groups is 1. The molecule has 30 heavy (non-hydrogen) atoms. The van der Waals surface area contributed by atoms with Gasteiger partial charge in [0, 0.05) is 30.2 Å². The minimum atomic E-state index is -0.0488. The molecule has 4 aromatic rings. The molecule has 1 amide bonds. The Morgan fingerprint density at radius 2 is 1.90 bits per heavy atom. The Bertz CT molecular complexity index is 1140. The van der Waals surface area contributed by atoms with Gasteiger partial charge in [-0.05, 0) is 31.2 Å². The summed E-state index contributed by atoms with van der Waals surface area (Å²) in [6.07, 6.45) is 3.73. The summed E-state index contributed by atoms with van der Waals surface area (Å²) in [6.45, 7) is 2.25. The van der Waals surface area contributed by atoms with E-state index < -0.39 is 0 Å². The first-order valence-corrected chi connectivity index (χ1v) is 10.4. The molecule has 0 N–H and O–H groups in total. The molecule has 0 aliphatic rings. The molecule has 0 fully saturated rings. The highest BCUT2D eigenvalue weighted by molar-refractivity contribution is 7.98. The first kappa shape index (κ1) is 19.9. The van der Waals surface area contributed by atoms with Crippen LogP contribution in [0.1, 0.15) is 27.6 Å². The summed E-state index contributed by atoms with van der Waals surface area (Å²) >= 11 is 1.51. The minimum Gasteiger partial charge on any atom is -0.338 e. The van der Waals surface area contributed by atoms with Crippen molar-refractivity contribution in [3.8, 4) is 5.69 Å². The van der Waals surface area contributed by atoms with E-state index in [2.05, 4.69) is 15.2 Å². The van der Waals surface area contributed by atoms with E-state index in [9.17, 15) is 4.79 Å². The number of hydrogen-bond donors (Lipinski definition) is 0. The Morgan fingerprint density at radius 3 is 2.67 bits per heavy atom. The molecular weight excluding hydrogens is 398 g/mol. The molecule has 0 bridgehead atoms. The predicted octanol–water partition coefficient (Wildman–Crippen LogP) is 4.13. The van der Waals surface area contributed by atoms with Crippen LogP contribution in [-0.4, -0.2) is 37.8 Å². The SMILES string of the molecule is Cc1noc(CSc2ccccc2C(=O)N(C)Cc2cnn(-c3ccccc3)c2)n1. The second-order valence-electron chi connectivity index (χ2n) is 6.81. The number of amides is 1. The Hall–Kier alpha value is -3.39. The van der Waals surface area contributed by atoms with Crippen molar-refractivity contribution >= 4 is 17.7 Å². The second kappa shape index (κ2) is 8.96. The molecule has 2 aromatic carbocycles. The van der Waals surface area contributed by atoms with Crippen molar-refractivity contribution in [3.63, 3.8) is 0 Å². The van der Waals surface area contributed by atoms with Gasteiger partial charge in [0.1, 0.15) is 0 Å². The second-order valence-corrected chi connectivity index (χ2v) is 7.83. The Kier molecular flexibility index (Phi) is 5.94. The summed E-state index contributed by atoms with van der Waals surface area (Å²) in [5, 5.41) is 8.21. The molecule has 0 aliphatic heterocycles. The number of thioether (sulfide) groups is 1. The zero-order valence-corrected chi connectivity index (χ0v) is 17.5. The molecule has 0 saturated heterocycles. The molecule has 8 heteroatoms. The highest BCUT2D eigenvalue weighted by Gasteiger charge is 2.17. The molecule has 0 atom stereocenters. The molecule has 2 heterocycles. The van der Waals surface area contributed by atoms with Gasteiger partial charge in [-0.25, -0.2) is 4.68 Å². The first-order valence-electron chi connectivity index (χ1n) is 9.45. The highest BCUT2D eigenvalue weighted by Crippen LogP contribution is 2.27. The lowest BCUT2D eigenvalue weighted by molar-refractivity contribution is 0.0781.